The standard InChI is InChI=1S/C25H24ClFN6O4.2C2H6/c1-25(27)12-32(13-25)19(34)11-33-21-16(20-18(10-28-21)30-24(37-3)31(20)2)8-17(23(33)36)22(35)29-9-14-4-6-15(26)7-5-14;2*1-2/h4-8,10H,9,11-13H2,1-3H3,(H,29,35);2*1-2H3. The number of alkyl halides is 1. The number of carbonyl (C=O) groups excluding carboxylic acids is 2. The van der Waals surface area contributed by atoms with E-state index in [1.165, 1.54) is 31.2 Å². The lowest BCUT2D eigenvalue weighted by molar-refractivity contribution is -0.144. The molecular formula is C29H36ClFN6O4. The Labute approximate surface area is 243 Å². The number of methoxy groups -OCH3 is 1. The Morgan fingerprint density at radius 1 is 1.15 bits per heavy atom. The van der Waals surface area contributed by atoms with E-state index in [2.05, 4.69) is 15.3 Å². The molecule has 1 aromatic carbocycles. The van der Waals surface area contributed by atoms with Crippen LogP contribution in [0.25, 0.3) is 22.1 Å². The second-order valence-corrected chi connectivity index (χ2v) is 9.74. The highest BCUT2D eigenvalue weighted by atomic mass is 35.5. The van der Waals surface area contributed by atoms with Crippen molar-refractivity contribution in [2.24, 2.45) is 7.05 Å². The Morgan fingerprint density at radius 2 is 1.78 bits per heavy atom. The summed E-state index contributed by atoms with van der Waals surface area (Å²) in [6.45, 7) is 9.07. The van der Waals surface area contributed by atoms with Gasteiger partial charge >= 0.3 is 0 Å². The fraction of sp³-hybridized carbons (Fsp3) is 0.414. The Balaban J connectivity index is 0.00000111. The minimum Gasteiger partial charge on any atom is -0.468 e. The molecule has 1 saturated heterocycles. The van der Waals surface area contributed by atoms with Crippen LogP contribution in [0.3, 0.4) is 0 Å². The van der Waals surface area contributed by atoms with Crippen molar-refractivity contribution in [2.45, 2.75) is 53.4 Å². The predicted octanol–water partition coefficient (Wildman–Crippen LogP) is 4.50. The quantitative estimate of drug-likeness (QED) is 0.356. The molecule has 2 amide bonds. The van der Waals surface area contributed by atoms with Crippen molar-refractivity contribution in [3.63, 3.8) is 0 Å². The number of pyridine rings is 2. The largest absolute Gasteiger partial charge is 0.468 e. The number of fused-ring (bicyclic) bond motifs is 3. The number of imidazole rings is 1. The van der Waals surface area contributed by atoms with E-state index in [1.54, 1.807) is 35.9 Å². The van der Waals surface area contributed by atoms with Crippen molar-refractivity contribution in [3.05, 3.63) is 63.0 Å². The van der Waals surface area contributed by atoms with Crippen LogP contribution in [-0.4, -0.2) is 61.7 Å². The van der Waals surface area contributed by atoms with Crippen molar-refractivity contribution in [1.82, 2.24) is 29.3 Å². The lowest BCUT2D eigenvalue weighted by Gasteiger charge is -2.42. The van der Waals surface area contributed by atoms with Gasteiger partial charge in [-0.3, -0.25) is 23.5 Å². The highest BCUT2D eigenvalue weighted by Gasteiger charge is 2.41. The van der Waals surface area contributed by atoms with Gasteiger partial charge in [-0.15, -0.1) is 0 Å². The molecule has 1 aliphatic heterocycles. The maximum absolute atomic E-state index is 14.0. The zero-order chi connectivity index (χ0) is 30.5. The summed E-state index contributed by atoms with van der Waals surface area (Å²) in [5, 5.41) is 3.76. The normalized spacial score (nSPS) is 13.4. The van der Waals surface area contributed by atoms with Crippen molar-refractivity contribution in [3.8, 4) is 6.01 Å². The first kappa shape index (κ1) is 31.5. The van der Waals surface area contributed by atoms with E-state index in [0.717, 1.165) is 10.1 Å². The van der Waals surface area contributed by atoms with E-state index >= 15 is 0 Å². The Bertz CT molecular complexity index is 1610. The van der Waals surface area contributed by atoms with Crippen LogP contribution < -0.4 is 15.6 Å². The number of nitrogens with one attached hydrogen (secondary N) is 1. The van der Waals surface area contributed by atoms with Crippen molar-refractivity contribution >= 4 is 45.5 Å². The minimum atomic E-state index is -1.46. The topological polar surface area (TPSA) is 111 Å². The van der Waals surface area contributed by atoms with Gasteiger partial charge in [0.15, 0.2) is 0 Å². The molecule has 0 radical (unpaired) electrons. The molecule has 1 fully saturated rings. The second kappa shape index (κ2) is 13.1. The van der Waals surface area contributed by atoms with E-state index < -0.39 is 29.6 Å². The predicted molar refractivity (Wildman–Crippen MR) is 158 cm³/mol. The Hall–Kier alpha value is -3.99. The number of ether oxygens (including phenoxy) is 1. The molecule has 0 aliphatic carbocycles. The molecule has 0 atom stereocenters. The third-order valence-electron chi connectivity index (χ3n) is 6.39. The van der Waals surface area contributed by atoms with Gasteiger partial charge in [-0.1, -0.05) is 51.4 Å². The molecule has 0 unspecified atom stereocenters. The number of halogens is 2. The van der Waals surface area contributed by atoms with Gasteiger partial charge in [0.05, 0.1) is 31.9 Å². The fourth-order valence-corrected chi connectivity index (χ4v) is 4.66. The summed E-state index contributed by atoms with van der Waals surface area (Å²) in [4.78, 5) is 49.7. The summed E-state index contributed by atoms with van der Waals surface area (Å²) in [7, 11) is 3.21. The van der Waals surface area contributed by atoms with Crippen molar-refractivity contribution in [1.29, 1.82) is 0 Å². The molecule has 1 aliphatic rings. The summed E-state index contributed by atoms with van der Waals surface area (Å²) >= 11 is 5.93. The van der Waals surface area contributed by atoms with Gasteiger partial charge < -0.3 is 15.0 Å². The number of aryl methyl sites for hydroxylation is 1. The molecule has 4 aromatic rings. The average molecular weight is 587 g/mol. The summed E-state index contributed by atoms with van der Waals surface area (Å²) in [5.74, 6) is -1.06. The van der Waals surface area contributed by atoms with Crippen molar-refractivity contribution < 1.29 is 18.7 Å². The van der Waals surface area contributed by atoms with Gasteiger partial charge in [-0.25, -0.2) is 9.37 Å². The van der Waals surface area contributed by atoms with Gasteiger partial charge in [0.25, 0.3) is 17.5 Å². The summed E-state index contributed by atoms with van der Waals surface area (Å²) in [6.07, 6.45) is 1.48. The van der Waals surface area contributed by atoms with Gasteiger partial charge in [0.1, 0.15) is 28.9 Å². The van der Waals surface area contributed by atoms with Crippen LogP contribution in [0.2, 0.25) is 5.02 Å². The molecule has 41 heavy (non-hydrogen) atoms. The van der Waals surface area contributed by atoms with Crippen molar-refractivity contribution in [2.75, 3.05) is 20.2 Å². The molecule has 0 spiro atoms. The number of carbonyl (C=O) groups is 2. The number of likely N-dealkylation sites (tertiary alicyclic amines) is 1. The minimum absolute atomic E-state index is 0.0591. The smallest absolute Gasteiger partial charge is 0.296 e. The molecule has 220 valence electrons. The monoisotopic (exact) mass is 586 g/mol. The van der Waals surface area contributed by atoms with E-state index in [1.807, 2.05) is 27.7 Å². The van der Waals surface area contributed by atoms with E-state index in [0.29, 0.717) is 27.5 Å². The molecule has 4 heterocycles. The highest BCUT2D eigenvalue weighted by Crippen LogP contribution is 2.28. The van der Waals surface area contributed by atoms with Gasteiger partial charge in [-0.2, -0.15) is 4.98 Å². The number of rotatable bonds is 6. The average Bonchev–Trinajstić information content (AvgIpc) is 3.30. The van der Waals surface area contributed by atoms with Crippen LogP contribution in [0.5, 0.6) is 6.01 Å². The Morgan fingerprint density at radius 3 is 2.37 bits per heavy atom. The first-order valence-electron chi connectivity index (χ1n) is 13.5. The lowest BCUT2D eigenvalue weighted by Crippen LogP contribution is -2.60. The van der Waals surface area contributed by atoms with Crippen LogP contribution in [0.4, 0.5) is 4.39 Å². The third-order valence-corrected chi connectivity index (χ3v) is 6.64. The van der Waals surface area contributed by atoms with Crippen LogP contribution in [0.1, 0.15) is 50.5 Å². The van der Waals surface area contributed by atoms with E-state index in [9.17, 15) is 18.8 Å². The van der Waals surface area contributed by atoms with Crippen LogP contribution >= 0.6 is 11.6 Å². The van der Waals surface area contributed by atoms with Gasteiger partial charge in [0.2, 0.25) is 5.91 Å². The second-order valence-electron chi connectivity index (χ2n) is 9.31. The van der Waals surface area contributed by atoms with E-state index in [-0.39, 0.29) is 30.8 Å². The van der Waals surface area contributed by atoms with Crippen LogP contribution in [0.15, 0.2) is 41.3 Å². The van der Waals surface area contributed by atoms with E-state index in [4.69, 9.17) is 16.3 Å². The number of hydrogen-bond donors (Lipinski definition) is 1. The molecule has 10 nitrogen and oxygen atoms in total. The zero-order valence-corrected chi connectivity index (χ0v) is 25.2. The number of benzene rings is 1. The zero-order valence-electron chi connectivity index (χ0n) is 24.4. The fourth-order valence-electron chi connectivity index (χ4n) is 4.53. The van der Waals surface area contributed by atoms with Gasteiger partial charge in [0, 0.05) is 24.0 Å². The molecule has 5 rings (SSSR count). The molecule has 0 bridgehead atoms. The number of amides is 2. The summed E-state index contributed by atoms with van der Waals surface area (Å²) in [6, 6.07) is 8.70. The lowest BCUT2D eigenvalue weighted by atomic mass is 9.99. The van der Waals surface area contributed by atoms with Crippen LogP contribution in [-0.2, 0) is 24.9 Å². The first-order chi connectivity index (χ1) is 19.6. The number of aromatic nitrogens is 4. The Kier molecular flexibility index (Phi) is 10.1. The highest BCUT2D eigenvalue weighted by molar-refractivity contribution is 6.30. The maximum Gasteiger partial charge on any atom is 0.296 e. The van der Waals surface area contributed by atoms with Gasteiger partial charge in [-0.05, 0) is 30.7 Å². The molecule has 12 heteroatoms. The number of nitrogens with zero attached hydrogens (tertiary/aromatic N) is 5. The van der Waals surface area contributed by atoms with Crippen LogP contribution in [0, 0.1) is 0 Å². The molecule has 0 saturated carbocycles. The first-order valence-corrected chi connectivity index (χ1v) is 13.9. The molecule has 3 aromatic heterocycles. The molecule has 1 N–H and O–H groups in total. The molecular weight excluding hydrogens is 551 g/mol. The maximum atomic E-state index is 14.0. The number of hydrogen-bond acceptors (Lipinski definition) is 6. The SMILES string of the molecule is CC.CC.COc1nc2cnc3c(cc(C(=O)NCc4ccc(Cl)cc4)c(=O)n3CC(=O)N3CC(C)(F)C3)c2n1C. The summed E-state index contributed by atoms with van der Waals surface area (Å²) in [5.41, 5.74) is -0.235. The third kappa shape index (κ3) is 6.51. The summed E-state index contributed by atoms with van der Waals surface area (Å²) < 4.78 is 22.1.